The van der Waals surface area contributed by atoms with Gasteiger partial charge in [0, 0.05) is 12.6 Å². The van der Waals surface area contributed by atoms with Gasteiger partial charge in [0.2, 0.25) is 0 Å². The minimum absolute atomic E-state index is 0.267. The second-order valence-electron chi connectivity index (χ2n) is 11.1. The molecule has 0 amide bonds. The molecule has 0 bridgehead atoms. The number of aliphatic carboxylic acids is 1. The number of allylic oxidation sites excluding steroid dienone is 2. The molecule has 1 aliphatic heterocycles. The van der Waals surface area contributed by atoms with Crippen molar-refractivity contribution in [2.75, 3.05) is 6.61 Å². The number of nitrogens with zero attached hydrogens (tertiary/aromatic N) is 2. The molecule has 0 spiro atoms. The first-order chi connectivity index (χ1) is 15.5. The lowest BCUT2D eigenvalue weighted by molar-refractivity contribution is -0.161. The minimum atomic E-state index is -1.13. The molecule has 4 rings (SSSR count). The fraction of sp³-hybridized carbons (Fsp3) is 0.556. The highest BCUT2D eigenvalue weighted by molar-refractivity contribution is 5.86. The second-order valence-corrected chi connectivity index (χ2v) is 11.1. The van der Waals surface area contributed by atoms with Gasteiger partial charge in [-0.2, -0.15) is 5.10 Å². The highest BCUT2D eigenvalue weighted by atomic mass is 16.5. The SMILES string of the molecule is Cn1nc(C2=CCC(C)(C)CC2)c(-c2ccc3c(c2)CCCO3)c1C(OC(C)(C)C)C(=O)O. The molecule has 0 radical (unpaired) electrons. The predicted molar refractivity (Wildman–Crippen MR) is 129 cm³/mol. The second kappa shape index (κ2) is 8.64. The molecule has 6 heteroatoms. The number of hydrogen-bond donors (Lipinski definition) is 1. The number of benzene rings is 1. The lowest BCUT2D eigenvalue weighted by Gasteiger charge is -2.28. The molecule has 0 fully saturated rings. The Bertz CT molecular complexity index is 1090. The van der Waals surface area contributed by atoms with E-state index in [-0.39, 0.29) is 5.41 Å². The van der Waals surface area contributed by atoms with E-state index in [2.05, 4.69) is 26.0 Å². The molecule has 1 aromatic carbocycles. The van der Waals surface area contributed by atoms with Gasteiger partial charge in [0.1, 0.15) is 5.75 Å². The molecule has 1 N–H and O–H groups in total. The van der Waals surface area contributed by atoms with Crippen LogP contribution in [0.25, 0.3) is 16.7 Å². The van der Waals surface area contributed by atoms with Gasteiger partial charge in [-0.05, 0) is 87.1 Å². The number of carboxylic acids is 1. The summed E-state index contributed by atoms with van der Waals surface area (Å²) in [5, 5.41) is 15.0. The van der Waals surface area contributed by atoms with E-state index in [0.717, 1.165) is 66.8 Å². The average molecular weight is 453 g/mol. The molecule has 1 atom stereocenters. The van der Waals surface area contributed by atoms with E-state index in [1.54, 1.807) is 4.68 Å². The first kappa shape index (κ1) is 23.6. The Morgan fingerprint density at radius 1 is 1.27 bits per heavy atom. The predicted octanol–water partition coefficient (Wildman–Crippen LogP) is 5.95. The van der Waals surface area contributed by atoms with E-state index in [0.29, 0.717) is 5.69 Å². The number of aryl methyl sites for hydroxylation is 2. The number of carbonyl (C=O) groups is 1. The smallest absolute Gasteiger partial charge is 0.339 e. The third-order valence-electron chi connectivity index (χ3n) is 6.51. The highest BCUT2D eigenvalue weighted by Crippen LogP contribution is 2.44. The van der Waals surface area contributed by atoms with Crippen LogP contribution < -0.4 is 4.74 Å². The van der Waals surface area contributed by atoms with Crippen LogP contribution >= 0.6 is 0 Å². The Morgan fingerprint density at radius 3 is 2.67 bits per heavy atom. The normalized spacial score (nSPS) is 18.8. The van der Waals surface area contributed by atoms with Gasteiger partial charge in [-0.1, -0.05) is 26.0 Å². The molecule has 0 saturated heterocycles. The summed E-state index contributed by atoms with van der Waals surface area (Å²) in [6.45, 7) is 10.9. The van der Waals surface area contributed by atoms with Crippen molar-refractivity contribution in [2.24, 2.45) is 12.5 Å². The van der Waals surface area contributed by atoms with Gasteiger partial charge >= 0.3 is 5.97 Å². The van der Waals surface area contributed by atoms with Crippen LogP contribution in [0.5, 0.6) is 5.75 Å². The number of hydrogen-bond acceptors (Lipinski definition) is 4. The quantitative estimate of drug-likeness (QED) is 0.607. The largest absolute Gasteiger partial charge is 0.493 e. The van der Waals surface area contributed by atoms with Crippen LogP contribution in [0.1, 0.15) is 83.4 Å². The van der Waals surface area contributed by atoms with Crippen LogP contribution in [0.4, 0.5) is 0 Å². The number of aromatic nitrogens is 2. The van der Waals surface area contributed by atoms with E-state index in [4.69, 9.17) is 14.6 Å². The third kappa shape index (κ3) is 5.01. The molecule has 1 unspecified atom stereocenters. The molecule has 2 aromatic rings. The highest BCUT2D eigenvalue weighted by Gasteiger charge is 2.35. The van der Waals surface area contributed by atoms with E-state index in [1.165, 1.54) is 5.57 Å². The topological polar surface area (TPSA) is 73.6 Å². The zero-order chi connectivity index (χ0) is 24.0. The van der Waals surface area contributed by atoms with Crippen LogP contribution in [0.3, 0.4) is 0 Å². The van der Waals surface area contributed by atoms with Crippen LogP contribution in [0.2, 0.25) is 0 Å². The summed E-state index contributed by atoms with van der Waals surface area (Å²) in [5.41, 5.74) is 5.24. The van der Waals surface area contributed by atoms with Crippen LogP contribution in [0, 0.1) is 5.41 Å². The van der Waals surface area contributed by atoms with Crippen molar-refractivity contribution < 1.29 is 19.4 Å². The Kier molecular flexibility index (Phi) is 6.16. The van der Waals surface area contributed by atoms with E-state index >= 15 is 0 Å². The molecular weight excluding hydrogens is 416 g/mol. The lowest BCUT2D eigenvalue weighted by Crippen LogP contribution is -2.29. The van der Waals surface area contributed by atoms with Crippen molar-refractivity contribution >= 4 is 11.5 Å². The number of ether oxygens (including phenoxy) is 2. The van der Waals surface area contributed by atoms with Crippen molar-refractivity contribution in [1.29, 1.82) is 0 Å². The molecule has 2 heterocycles. The average Bonchev–Trinajstić information content (AvgIpc) is 3.07. The van der Waals surface area contributed by atoms with Gasteiger partial charge in [0.05, 0.1) is 23.6 Å². The van der Waals surface area contributed by atoms with Crippen molar-refractivity contribution in [1.82, 2.24) is 9.78 Å². The Hall–Kier alpha value is -2.60. The summed E-state index contributed by atoms with van der Waals surface area (Å²) >= 11 is 0. The molecular formula is C27H36N2O4. The molecule has 1 aromatic heterocycles. The summed E-state index contributed by atoms with van der Waals surface area (Å²) in [6, 6.07) is 6.17. The molecule has 33 heavy (non-hydrogen) atoms. The standard InChI is InChI=1S/C27H36N2O4/c1-26(2,3)33-24(25(30)31)23-21(19-9-10-20-18(16-19)8-7-15-32-20)22(28-29(23)6)17-11-13-27(4,5)14-12-17/h9-11,16,24H,7-8,12-15H2,1-6H3,(H,30,31). The van der Waals surface area contributed by atoms with Crippen molar-refractivity contribution in [3.8, 4) is 16.9 Å². The number of fused-ring (bicyclic) bond motifs is 1. The van der Waals surface area contributed by atoms with E-state index < -0.39 is 17.7 Å². The van der Waals surface area contributed by atoms with Gasteiger partial charge in [-0.15, -0.1) is 0 Å². The van der Waals surface area contributed by atoms with Crippen molar-refractivity contribution in [2.45, 2.75) is 78.4 Å². The molecule has 178 valence electrons. The van der Waals surface area contributed by atoms with Gasteiger partial charge < -0.3 is 14.6 Å². The molecule has 6 nitrogen and oxygen atoms in total. The fourth-order valence-electron chi connectivity index (χ4n) is 4.73. The first-order valence-corrected chi connectivity index (χ1v) is 11.9. The molecule has 2 aliphatic rings. The maximum absolute atomic E-state index is 12.4. The van der Waals surface area contributed by atoms with E-state index in [1.807, 2.05) is 40.0 Å². The summed E-state index contributed by atoms with van der Waals surface area (Å²) in [7, 11) is 1.82. The van der Waals surface area contributed by atoms with Crippen LogP contribution in [-0.2, 0) is 23.0 Å². The van der Waals surface area contributed by atoms with Crippen LogP contribution in [0.15, 0.2) is 24.3 Å². The van der Waals surface area contributed by atoms with Crippen molar-refractivity contribution in [3.63, 3.8) is 0 Å². The Morgan fingerprint density at radius 2 is 2.03 bits per heavy atom. The first-order valence-electron chi connectivity index (χ1n) is 11.9. The summed E-state index contributed by atoms with van der Waals surface area (Å²) in [6.07, 6.45) is 6.05. The monoisotopic (exact) mass is 452 g/mol. The summed E-state index contributed by atoms with van der Waals surface area (Å²) in [4.78, 5) is 12.4. The molecule has 1 aliphatic carbocycles. The fourth-order valence-corrected chi connectivity index (χ4v) is 4.73. The third-order valence-corrected chi connectivity index (χ3v) is 6.51. The van der Waals surface area contributed by atoms with Gasteiger partial charge in [-0.25, -0.2) is 4.79 Å². The molecule has 0 saturated carbocycles. The van der Waals surface area contributed by atoms with E-state index in [9.17, 15) is 9.90 Å². The van der Waals surface area contributed by atoms with Gasteiger partial charge in [0.15, 0.2) is 6.10 Å². The zero-order valence-electron chi connectivity index (χ0n) is 20.7. The lowest BCUT2D eigenvalue weighted by atomic mass is 9.77. The number of carboxylic acid groups (broad SMARTS) is 1. The maximum atomic E-state index is 12.4. The Labute approximate surface area is 196 Å². The van der Waals surface area contributed by atoms with Crippen LogP contribution in [-0.4, -0.2) is 33.1 Å². The minimum Gasteiger partial charge on any atom is -0.493 e. The maximum Gasteiger partial charge on any atom is 0.339 e. The van der Waals surface area contributed by atoms with Crippen molar-refractivity contribution in [3.05, 3.63) is 41.2 Å². The Balaban J connectivity index is 1.91. The van der Waals surface area contributed by atoms with Gasteiger partial charge in [0.25, 0.3) is 0 Å². The zero-order valence-corrected chi connectivity index (χ0v) is 20.7. The summed E-state index contributed by atoms with van der Waals surface area (Å²) in [5.74, 6) is -0.0999. The van der Waals surface area contributed by atoms with Gasteiger partial charge in [-0.3, -0.25) is 4.68 Å². The summed E-state index contributed by atoms with van der Waals surface area (Å²) < 4.78 is 13.6. The number of rotatable bonds is 5.